The van der Waals surface area contributed by atoms with Crippen molar-refractivity contribution >= 4 is 29.9 Å². The largest absolute Gasteiger partial charge is 0.357 e. The van der Waals surface area contributed by atoms with Gasteiger partial charge in [0, 0.05) is 31.9 Å². The predicted octanol–water partition coefficient (Wildman–Crippen LogP) is 2.47. The number of aliphatic imine (C=N–C) groups is 1. The Labute approximate surface area is 145 Å². The van der Waals surface area contributed by atoms with Gasteiger partial charge < -0.3 is 10.6 Å². The SMILES string of the molecule is CCNC(=NCC1CC1)NCCCn1nc(C)cc1C.I. The molecular weight excluding hydrogens is 377 g/mol. The van der Waals surface area contributed by atoms with Crippen molar-refractivity contribution in [3.05, 3.63) is 17.5 Å². The molecule has 1 aliphatic rings. The second-order valence-corrected chi connectivity index (χ2v) is 5.59. The van der Waals surface area contributed by atoms with Crippen LogP contribution < -0.4 is 10.6 Å². The summed E-state index contributed by atoms with van der Waals surface area (Å²) in [5, 5.41) is 11.2. The Balaban J connectivity index is 0.00000220. The Hall–Kier alpha value is -0.790. The summed E-state index contributed by atoms with van der Waals surface area (Å²) in [7, 11) is 0. The van der Waals surface area contributed by atoms with E-state index in [2.05, 4.69) is 45.3 Å². The molecule has 0 aliphatic heterocycles. The zero-order valence-electron chi connectivity index (χ0n) is 13.4. The van der Waals surface area contributed by atoms with Gasteiger partial charge in [-0.05, 0) is 52.0 Å². The molecule has 1 aliphatic carbocycles. The highest BCUT2D eigenvalue weighted by Crippen LogP contribution is 2.28. The van der Waals surface area contributed by atoms with E-state index in [-0.39, 0.29) is 24.0 Å². The zero-order valence-corrected chi connectivity index (χ0v) is 15.7. The highest BCUT2D eigenvalue weighted by Gasteiger charge is 2.20. The van der Waals surface area contributed by atoms with Crippen molar-refractivity contribution in [1.29, 1.82) is 0 Å². The molecule has 6 heteroatoms. The molecule has 21 heavy (non-hydrogen) atoms. The van der Waals surface area contributed by atoms with Crippen LogP contribution in [-0.2, 0) is 6.54 Å². The van der Waals surface area contributed by atoms with E-state index < -0.39 is 0 Å². The van der Waals surface area contributed by atoms with Crippen LogP contribution in [-0.4, -0.2) is 35.4 Å². The number of nitrogens with one attached hydrogen (secondary N) is 2. The van der Waals surface area contributed by atoms with Gasteiger partial charge in [0.15, 0.2) is 5.96 Å². The molecule has 1 fully saturated rings. The highest BCUT2D eigenvalue weighted by atomic mass is 127. The third-order valence-corrected chi connectivity index (χ3v) is 3.49. The molecule has 0 unspecified atom stereocenters. The van der Waals surface area contributed by atoms with Gasteiger partial charge in [-0.15, -0.1) is 24.0 Å². The predicted molar refractivity (Wildman–Crippen MR) is 98.4 cm³/mol. The average Bonchev–Trinajstić information content (AvgIpc) is 3.17. The molecule has 1 heterocycles. The van der Waals surface area contributed by atoms with E-state index in [0.717, 1.165) is 50.2 Å². The summed E-state index contributed by atoms with van der Waals surface area (Å²) in [6, 6.07) is 2.12. The summed E-state index contributed by atoms with van der Waals surface area (Å²) < 4.78 is 2.07. The van der Waals surface area contributed by atoms with Crippen molar-refractivity contribution in [3.63, 3.8) is 0 Å². The van der Waals surface area contributed by atoms with Gasteiger partial charge in [-0.25, -0.2) is 0 Å². The molecule has 1 aromatic heterocycles. The van der Waals surface area contributed by atoms with Gasteiger partial charge in [-0.3, -0.25) is 9.67 Å². The Morgan fingerprint density at radius 1 is 1.38 bits per heavy atom. The Morgan fingerprint density at radius 3 is 2.71 bits per heavy atom. The fourth-order valence-corrected chi connectivity index (χ4v) is 2.20. The lowest BCUT2D eigenvalue weighted by Crippen LogP contribution is -2.38. The number of nitrogens with zero attached hydrogens (tertiary/aromatic N) is 3. The first kappa shape index (κ1) is 18.3. The van der Waals surface area contributed by atoms with Crippen LogP contribution in [0.15, 0.2) is 11.1 Å². The van der Waals surface area contributed by atoms with Crippen LogP contribution in [0.5, 0.6) is 0 Å². The van der Waals surface area contributed by atoms with Crippen molar-refractivity contribution < 1.29 is 0 Å². The first-order chi connectivity index (χ1) is 9.69. The van der Waals surface area contributed by atoms with Crippen LogP contribution in [0.2, 0.25) is 0 Å². The number of hydrogen-bond donors (Lipinski definition) is 2. The minimum Gasteiger partial charge on any atom is -0.357 e. The van der Waals surface area contributed by atoms with Crippen molar-refractivity contribution in [2.24, 2.45) is 10.9 Å². The van der Waals surface area contributed by atoms with E-state index in [4.69, 9.17) is 0 Å². The minimum atomic E-state index is 0. The lowest BCUT2D eigenvalue weighted by atomic mass is 10.4. The van der Waals surface area contributed by atoms with Gasteiger partial charge in [-0.1, -0.05) is 0 Å². The van der Waals surface area contributed by atoms with E-state index in [1.165, 1.54) is 18.5 Å². The normalized spacial score (nSPS) is 14.7. The number of rotatable bonds is 7. The maximum Gasteiger partial charge on any atom is 0.191 e. The molecule has 5 nitrogen and oxygen atoms in total. The first-order valence-electron chi connectivity index (χ1n) is 7.72. The van der Waals surface area contributed by atoms with Gasteiger partial charge in [0.2, 0.25) is 0 Å². The fourth-order valence-electron chi connectivity index (χ4n) is 2.20. The van der Waals surface area contributed by atoms with Crippen LogP contribution >= 0.6 is 24.0 Å². The smallest absolute Gasteiger partial charge is 0.191 e. The standard InChI is InChI=1S/C15H27N5.HI/c1-4-16-15(18-11-14-6-7-14)17-8-5-9-20-13(3)10-12(2)19-20;/h10,14H,4-9,11H2,1-3H3,(H2,16,17,18);1H. The minimum absolute atomic E-state index is 0. The van der Waals surface area contributed by atoms with Crippen molar-refractivity contribution in [1.82, 2.24) is 20.4 Å². The molecule has 2 rings (SSSR count). The highest BCUT2D eigenvalue weighted by molar-refractivity contribution is 14.0. The number of halogens is 1. The quantitative estimate of drug-likeness (QED) is 0.317. The number of aryl methyl sites for hydroxylation is 3. The molecule has 0 spiro atoms. The molecular formula is C15H28IN5. The van der Waals surface area contributed by atoms with E-state index >= 15 is 0 Å². The Morgan fingerprint density at radius 2 is 2.14 bits per heavy atom. The van der Waals surface area contributed by atoms with Crippen molar-refractivity contribution in [3.8, 4) is 0 Å². The van der Waals surface area contributed by atoms with Crippen LogP contribution in [0.4, 0.5) is 0 Å². The average molecular weight is 405 g/mol. The van der Waals surface area contributed by atoms with Crippen LogP contribution in [0, 0.1) is 19.8 Å². The van der Waals surface area contributed by atoms with E-state index in [1.807, 2.05) is 6.92 Å². The van der Waals surface area contributed by atoms with Gasteiger partial charge in [-0.2, -0.15) is 5.10 Å². The molecule has 0 amide bonds. The lowest BCUT2D eigenvalue weighted by Gasteiger charge is -2.11. The zero-order chi connectivity index (χ0) is 14.4. The summed E-state index contributed by atoms with van der Waals surface area (Å²) in [6.07, 6.45) is 3.75. The van der Waals surface area contributed by atoms with Crippen molar-refractivity contribution in [2.75, 3.05) is 19.6 Å². The third-order valence-electron chi connectivity index (χ3n) is 3.49. The second kappa shape index (κ2) is 9.27. The molecule has 1 saturated carbocycles. The maximum atomic E-state index is 4.61. The Bertz CT molecular complexity index is 451. The molecule has 2 N–H and O–H groups in total. The van der Waals surface area contributed by atoms with Crippen molar-refractivity contribution in [2.45, 2.75) is 46.6 Å². The van der Waals surface area contributed by atoms with Crippen LogP contribution in [0.25, 0.3) is 0 Å². The van der Waals surface area contributed by atoms with Gasteiger partial charge in [0.25, 0.3) is 0 Å². The second-order valence-electron chi connectivity index (χ2n) is 5.59. The number of hydrogen-bond acceptors (Lipinski definition) is 2. The Kier molecular flexibility index (Phi) is 8.06. The first-order valence-corrected chi connectivity index (χ1v) is 7.72. The number of aromatic nitrogens is 2. The maximum absolute atomic E-state index is 4.61. The molecule has 1 aromatic rings. The summed E-state index contributed by atoms with van der Waals surface area (Å²) in [6.45, 7) is 10.00. The molecule has 0 bridgehead atoms. The summed E-state index contributed by atoms with van der Waals surface area (Å²) >= 11 is 0. The molecule has 0 atom stereocenters. The van der Waals surface area contributed by atoms with E-state index in [9.17, 15) is 0 Å². The molecule has 0 radical (unpaired) electrons. The molecule has 120 valence electrons. The lowest BCUT2D eigenvalue weighted by molar-refractivity contribution is 0.555. The van der Waals surface area contributed by atoms with Gasteiger partial charge >= 0.3 is 0 Å². The van der Waals surface area contributed by atoms with E-state index in [1.54, 1.807) is 0 Å². The molecule has 0 saturated heterocycles. The van der Waals surface area contributed by atoms with Crippen LogP contribution in [0.3, 0.4) is 0 Å². The number of guanidine groups is 1. The van der Waals surface area contributed by atoms with Gasteiger partial charge in [0.1, 0.15) is 0 Å². The summed E-state index contributed by atoms with van der Waals surface area (Å²) in [5.41, 5.74) is 2.33. The topological polar surface area (TPSA) is 54.2 Å². The molecule has 0 aromatic carbocycles. The monoisotopic (exact) mass is 405 g/mol. The third kappa shape index (κ3) is 6.67. The van der Waals surface area contributed by atoms with Crippen LogP contribution in [0.1, 0.15) is 37.6 Å². The summed E-state index contributed by atoms with van der Waals surface area (Å²) in [5.74, 6) is 1.79. The fraction of sp³-hybridized carbons (Fsp3) is 0.733. The summed E-state index contributed by atoms with van der Waals surface area (Å²) in [4.78, 5) is 4.61. The van der Waals surface area contributed by atoms with E-state index in [0.29, 0.717) is 0 Å². The van der Waals surface area contributed by atoms with Gasteiger partial charge in [0.05, 0.1) is 5.69 Å².